The molecule has 154 valence electrons. The minimum Gasteiger partial charge on any atom is -0.384 e. The zero-order valence-corrected chi connectivity index (χ0v) is 16.9. The number of imide groups is 1. The van der Waals surface area contributed by atoms with Crippen LogP contribution < -0.4 is 21.3 Å². The predicted molar refractivity (Wildman–Crippen MR) is 106 cm³/mol. The van der Waals surface area contributed by atoms with Crippen LogP contribution in [-0.4, -0.2) is 51.2 Å². The normalized spacial score (nSPS) is 23.4. The van der Waals surface area contributed by atoms with Gasteiger partial charge < -0.3 is 20.7 Å². The summed E-state index contributed by atoms with van der Waals surface area (Å²) in [5, 5.41) is 11.2. The second kappa shape index (κ2) is 8.89. The molecule has 2 fully saturated rings. The van der Waals surface area contributed by atoms with E-state index in [1.165, 1.54) is 0 Å². The van der Waals surface area contributed by atoms with Crippen LogP contribution in [-0.2, 0) is 15.1 Å². The van der Waals surface area contributed by atoms with Crippen molar-refractivity contribution in [3.63, 3.8) is 0 Å². The van der Waals surface area contributed by atoms with Gasteiger partial charge in [0.1, 0.15) is 5.54 Å². The minimum atomic E-state index is -1.12. The molecule has 2 aliphatic rings. The Labute approximate surface area is 170 Å². The van der Waals surface area contributed by atoms with Gasteiger partial charge in [-0.1, -0.05) is 12.1 Å². The summed E-state index contributed by atoms with van der Waals surface area (Å²) in [5.74, 6) is -0.572. The molecule has 0 saturated carbocycles. The first kappa shape index (κ1) is 22.1. The maximum atomic E-state index is 12.5. The quantitative estimate of drug-likeness (QED) is 0.521. The fourth-order valence-electron chi connectivity index (χ4n) is 3.71. The molecule has 0 bridgehead atoms. The van der Waals surface area contributed by atoms with E-state index in [1.807, 2.05) is 0 Å². The molecule has 3 rings (SSSR count). The van der Waals surface area contributed by atoms with E-state index in [0.29, 0.717) is 24.3 Å². The Morgan fingerprint density at radius 1 is 1.18 bits per heavy atom. The maximum absolute atomic E-state index is 12.5. The van der Waals surface area contributed by atoms with Gasteiger partial charge in [-0.05, 0) is 50.6 Å². The fraction of sp³-hybridized carbons (Fsp3) is 0.526. The minimum absolute atomic E-state index is 0. The van der Waals surface area contributed by atoms with Gasteiger partial charge in [-0.2, -0.15) is 0 Å². The lowest BCUT2D eigenvalue weighted by molar-refractivity contribution is -0.123. The molecule has 9 heteroatoms. The lowest BCUT2D eigenvalue weighted by Gasteiger charge is -2.37. The van der Waals surface area contributed by atoms with Crippen molar-refractivity contribution >= 4 is 30.3 Å². The van der Waals surface area contributed by atoms with Gasteiger partial charge in [0.2, 0.25) is 0 Å². The molecule has 2 heterocycles. The second-order valence-corrected chi connectivity index (χ2v) is 7.48. The Kier molecular flexibility index (Phi) is 7.03. The molecule has 1 unspecified atom stereocenters. The van der Waals surface area contributed by atoms with Crippen LogP contribution in [0, 0.1) is 5.41 Å². The molecule has 0 radical (unpaired) electrons. The fourth-order valence-corrected chi connectivity index (χ4v) is 3.71. The molecular weight excluding hydrogens is 384 g/mol. The van der Waals surface area contributed by atoms with Crippen molar-refractivity contribution < 1.29 is 19.1 Å². The molecule has 1 aromatic rings. The van der Waals surface area contributed by atoms with E-state index < -0.39 is 17.5 Å². The highest BCUT2D eigenvalue weighted by Crippen LogP contribution is 2.28. The number of urea groups is 1. The van der Waals surface area contributed by atoms with Crippen molar-refractivity contribution in [1.29, 1.82) is 0 Å². The third-order valence-electron chi connectivity index (χ3n) is 5.51. The summed E-state index contributed by atoms with van der Waals surface area (Å²) in [6.45, 7) is 4.63. The molecule has 0 aromatic heterocycles. The number of hydrogen-bond donors (Lipinski definition) is 4. The Morgan fingerprint density at radius 3 is 2.36 bits per heavy atom. The molecule has 2 saturated heterocycles. The largest absolute Gasteiger partial charge is 0.384 e. The smallest absolute Gasteiger partial charge is 0.322 e. The molecule has 1 atom stereocenters. The van der Waals surface area contributed by atoms with Crippen LogP contribution in [0.4, 0.5) is 4.79 Å². The summed E-state index contributed by atoms with van der Waals surface area (Å²) in [6.07, 6.45) is 1.90. The van der Waals surface area contributed by atoms with Gasteiger partial charge in [0.05, 0.1) is 6.61 Å². The number of amides is 4. The van der Waals surface area contributed by atoms with E-state index in [2.05, 4.69) is 21.3 Å². The van der Waals surface area contributed by atoms with E-state index in [1.54, 1.807) is 38.3 Å². The molecule has 1 aromatic carbocycles. The Hall–Kier alpha value is -2.16. The van der Waals surface area contributed by atoms with E-state index >= 15 is 0 Å². The van der Waals surface area contributed by atoms with Crippen molar-refractivity contribution in [2.24, 2.45) is 5.41 Å². The standard InChI is InChI=1S/C19H26N4O4.ClH/c1-18(16(25)22-17(26)23-18)14-5-3-13(4-6-14)15(24)21-11-19(12-27-2)7-9-20-10-8-19;/h3-6,20H,7-12H2,1-2H3,(H,21,24)(H2,22,23,25,26);1H. The summed E-state index contributed by atoms with van der Waals surface area (Å²) < 4.78 is 5.37. The lowest BCUT2D eigenvalue weighted by atomic mass is 9.79. The van der Waals surface area contributed by atoms with Crippen LogP contribution in [0.5, 0.6) is 0 Å². The number of piperidine rings is 1. The molecule has 2 aliphatic heterocycles. The highest BCUT2D eigenvalue weighted by molar-refractivity contribution is 6.07. The third-order valence-corrected chi connectivity index (χ3v) is 5.51. The molecule has 4 amide bonds. The summed E-state index contributed by atoms with van der Waals surface area (Å²) in [6, 6.07) is 6.19. The van der Waals surface area contributed by atoms with E-state index in [-0.39, 0.29) is 23.7 Å². The van der Waals surface area contributed by atoms with Gasteiger partial charge in [0.15, 0.2) is 0 Å². The first-order valence-corrected chi connectivity index (χ1v) is 9.11. The molecular formula is C19H27ClN4O4. The predicted octanol–water partition coefficient (Wildman–Crippen LogP) is 0.909. The number of rotatable bonds is 6. The lowest BCUT2D eigenvalue weighted by Crippen LogP contribution is -2.47. The number of ether oxygens (including phenoxy) is 1. The highest BCUT2D eigenvalue weighted by Gasteiger charge is 2.43. The van der Waals surface area contributed by atoms with Crippen LogP contribution in [0.15, 0.2) is 24.3 Å². The number of halogens is 1. The van der Waals surface area contributed by atoms with Crippen molar-refractivity contribution in [2.75, 3.05) is 33.4 Å². The third kappa shape index (κ3) is 4.45. The van der Waals surface area contributed by atoms with Crippen LogP contribution >= 0.6 is 12.4 Å². The van der Waals surface area contributed by atoms with Crippen LogP contribution in [0.3, 0.4) is 0 Å². The second-order valence-electron chi connectivity index (χ2n) is 7.48. The Balaban J connectivity index is 0.00000280. The van der Waals surface area contributed by atoms with E-state index in [9.17, 15) is 14.4 Å². The molecule has 0 spiro atoms. The van der Waals surface area contributed by atoms with E-state index in [0.717, 1.165) is 25.9 Å². The number of carbonyl (C=O) groups is 3. The zero-order chi connectivity index (χ0) is 19.5. The van der Waals surface area contributed by atoms with Crippen molar-refractivity contribution in [2.45, 2.75) is 25.3 Å². The summed E-state index contributed by atoms with van der Waals surface area (Å²) in [7, 11) is 1.68. The van der Waals surface area contributed by atoms with Crippen molar-refractivity contribution in [3.05, 3.63) is 35.4 Å². The van der Waals surface area contributed by atoms with Gasteiger partial charge in [-0.25, -0.2) is 4.79 Å². The Morgan fingerprint density at radius 2 is 1.82 bits per heavy atom. The monoisotopic (exact) mass is 410 g/mol. The van der Waals surface area contributed by atoms with E-state index in [4.69, 9.17) is 4.74 Å². The molecule has 8 nitrogen and oxygen atoms in total. The van der Waals surface area contributed by atoms with Gasteiger partial charge in [-0.3, -0.25) is 14.9 Å². The number of hydrogen-bond acceptors (Lipinski definition) is 5. The molecule has 4 N–H and O–H groups in total. The van der Waals surface area contributed by atoms with Crippen LogP contribution in [0.2, 0.25) is 0 Å². The topological polar surface area (TPSA) is 109 Å². The van der Waals surface area contributed by atoms with Gasteiger partial charge in [0.25, 0.3) is 11.8 Å². The maximum Gasteiger partial charge on any atom is 0.322 e. The van der Waals surface area contributed by atoms with Crippen molar-refractivity contribution in [3.8, 4) is 0 Å². The zero-order valence-electron chi connectivity index (χ0n) is 16.1. The average Bonchev–Trinajstić information content (AvgIpc) is 2.94. The van der Waals surface area contributed by atoms with Crippen LogP contribution in [0.1, 0.15) is 35.7 Å². The Bertz CT molecular complexity index is 728. The summed E-state index contributed by atoms with van der Waals surface area (Å²) in [5.41, 5.74) is -0.0378. The van der Waals surface area contributed by atoms with Crippen molar-refractivity contribution in [1.82, 2.24) is 21.3 Å². The summed E-state index contributed by atoms with van der Waals surface area (Å²) in [4.78, 5) is 36.0. The molecule has 0 aliphatic carbocycles. The number of methoxy groups -OCH3 is 1. The number of nitrogens with one attached hydrogen (secondary N) is 4. The summed E-state index contributed by atoms with van der Waals surface area (Å²) >= 11 is 0. The highest BCUT2D eigenvalue weighted by atomic mass is 35.5. The molecule has 28 heavy (non-hydrogen) atoms. The first-order chi connectivity index (χ1) is 12.9. The average molecular weight is 411 g/mol. The first-order valence-electron chi connectivity index (χ1n) is 9.11. The SMILES string of the molecule is COCC1(CNC(=O)c2ccc(C3(C)NC(=O)NC3=O)cc2)CCNCC1.Cl. The van der Waals surface area contributed by atoms with Crippen LogP contribution in [0.25, 0.3) is 0 Å². The van der Waals surface area contributed by atoms with Gasteiger partial charge in [0, 0.05) is 24.6 Å². The number of carbonyl (C=O) groups excluding carboxylic acids is 3. The number of benzene rings is 1. The van der Waals surface area contributed by atoms with Gasteiger partial charge in [-0.15, -0.1) is 12.4 Å². The van der Waals surface area contributed by atoms with Gasteiger partial charge >= 0.3 is 6.03 Å².